The van der Waals surface area contributed by atoms with Crippen molar-refractivity contribution in [1.82, 2.24) is 5.32 Å². The Labute approximate surface area is 111 Å². The van der Waals surface area contributed by atoms with E-state index in [2.05, 4.69) is 43.4 Å². The van der Waals surface area contributed by atoms with Crippen LogP contribution in [0.5, 0.6) is 0 Å². The molecule has 0 amide bonds. The Bertz CT molecular complexity index is 363. The summed E-state index contributed by atoms with van der Waals surface area (Å²) in [4.78, 5) is 0. The highest BCUT2D eigenvalue weighted by Crippen LogP contribution is 2.41. The second-order valence-corrected chi connectivity index (χ2v) is 6.24. The zero-order valence-corrected chi connectivity index (χ0v) is 11.7. The van der Waals surface area contributed by atoms with Gasteiger partial charge in [-0.15, -0.1) is 0 Å². The van der Waals surface area contributed by atoms with Gasteiger partial charge < -0.3 is 11.1 Å². The molecule has 0 aliphatic heterocycles. The van der Waals surface area contributed by atoms with E-state index >= 15 is 0 Å². The number of rotatable bonds is 6. The van der Waals surface area contributed by atoms with Gasteiger partial charge in [-0.3, -0.25) is 0 Å². The highest BCUT2D eigenvalue weighted by atomic mass is 14.9. The number of nitrogens with one attached hydrogen (secondary N) is 1. The van der Waals surface area contributed by atoms with Gasteiger partial charge in [-0.25, -0.2) is 0 Å². The molecule has 0 bridgehead atoms. The number of benzene rings is 1. The van der Waals surface area contributed by atoms with Crippen LogP contribution in [0.3, 0.4) is 0 Å². The van der Waals surface area contributed by atoms with Crippen molar-refractivity contribution in [3.63, 3.8) is 0 Å². The minimum atomic E-state index is 0.440. The van der Waals surface area contributed by atoms with Crippen molar-refractivity contribution in [2.24, 2.45) is 17.1 Å². The molecule has 0 radical (unpaired) electrons. The highest BCUT2D eigenvalue weighted by Gasteiger charge is 2.33. The average molecular weight is 246 g/mol. The zero-order valence-electron chi connectivity index (χ0n) is 11.7. The lowest BCUT2D eigenvalue weighted by Gasteiger charge is -2.40. The highest BCUT2D eigenvalue weighted by molar-refractivity contribution is 5.22. The molecule has 0 heterocycles. The van der Waals surface area contributed by atoms with Gasteiger partial charge in [0.1, 0.15) is 0 Å². The second kappa shape index (κ2) is 5.85. The molecule has 0 saturated heterocycles. The van der Waals surface area contributed by atoms with E-state index < -0.39 is 0 Å². The topological polar surface area (TPSA) is 38.0 Å². The van der Waals surface area contributed by atoms with E-state index in [-0.39, 0.29) is 0 Å². The molecule has 1 aromatic carbocycles. The second-order valence-electron chi connectivity index (χ2n) is 6.24. The summed E-state index contributed by atoms with van der Waals surface area (Å²) in [6.07, 6.45) is 4.26. The van der Waals surface area contributed by atoms with Gasteiger partial charge in [0.2, 0.25) is 0 Å². The van der Waals surface area contributed by atoms with Crippen LogP contribution in [0.2, 0.25) is 0 Å². The molecule has 18 heavy (non-hydrogen) atoms. The average Bonchev–Trinajstić information content (AvgIpc) is 2.26. The summed E-state index contributed by atoms with van der Waals surface area (Å²) in [5.41, 5.74) is 8.58. The molecule has 0 atom stereocenters. The Morgan fingerprint density at radius 1 is 1.17 bits per heavy atom. The SMILES string of the molecule is CC(C)(CNCc1ccc(CN)cc1)C1CCC1. The standard InChI is InChI=1S/C16H26N2/c1-16(2,15-4-3-5-15)12-18-11-14-8-6-13(10-17)7-9-14/h6-9,15,18H,3-5,10-12,17H2,1-2H3. The van der Waals surface area contributed by atoms with E-state index in [1.165, 1.54) is 30.4 Å². The van der Waals surface area contributed by atoms with E-state index in [0.717, 1.165) is 19.0 Å². The van der Waals surface area contributed by atoms with Crippen molar-refractivity contribution in [2.75, 3.05) is 6.54 Å². The first-order valence-electron chi connectivity index (χ1n) is 7.10. The first-order valence-corrected chi connectivity index (χ1v) is 7.10. The van der Waals surface area contributed by atoms with Crippen LogP contribution < -0.4 is 11.1 Å². The van der Waals surface area contributed by atoms with Gasteiger partial charge in [0.15, 0.2) is 0 Å². The van der Waals surface area contributed by atoms with Crippen LogP contribution in [0.25, 0.3) is 0 Å². The summed E-state index contributed by atoms with van der Waals surface area (Å²) in [5.74, 6) is 0.921. The Morgan fingerprint density at radius 2 is 1.78 bits per heavy atom. The monoisotopic (exact) mass is 246 g/mol. The molecule has 1 aliphatic carbocycles. The molecule has 100 valence electrons. The summed E-state index contributed by atoms with van der Waals surface area (Å²) in [6, 6.07) is 8.58. The lowest BCUT2D eigenvalue weighted by atomic mass is 9.67. The van der Waals surface area contributed by atoms with Crippen molar-refractivity contribution < 1.29 is 0 Å². The minimum Gasteiger partial charge on any atom is -0.326 e. The molecule has 3 N–H and O–H groups in total. The Hall–Kier alpha value is -0.860. The summed E-state index contributed by atoms with van der Waals surface area (Å²) in [7, 11) is 0. The third kappa shape index (κ3) is 3.33. The molecule has 1 aromatic rings. The third-order valence-electron chi connectivity index (χ3n) is 4.38. The fourth-order valence-corrected chi connectivity index (χ4v) is 2.66. The van der Waals surface area contributed by atoms with Crippen LogP contribution in [-0.2, 0) is 13.1 Å². The van der Waals surface area contributed by atoms with Gasteiger partial charge in [0, 0.05) is 19.6 Å². The van der Waals surface area contributed by atoms with Crippen LogP contribution in [0.4, 0.5) is 0 Å². The number of hydrogen-bond acceptors (Lipinski definition) is 2. The van der Waals surface area contributed by atoms with Crippen molar-refractivity contribution in [2.45, 2.75) is 46.2 Å². The normalized spacial score (nSPS) is 16.6. The lowest BCUT2D eigenvalue weighted by Crippen LogP contribution is -2.38. The Kier molecular flexibility index (Phi) is 4.41. The molecule has 0 spiro atoms. The third-order valence-corrected chi connectivity index (χ3v) is 4.38. The smallest absolute Gasteiger partial charge is 0.0205 e. The summed E-state index contributed by atoms with van der Waals surface area (Å²) < 4.78 is 0. The van der Waals surface area contributed by atoms with Crippen LogP contribution in [0.15, 0.2) is 24.3 Å². The van der Waals surface area contributed by atoms with Gasteiger partial charge in [-0.1, -0.05) is 44.5 Å². The van der Waals surface area contributed by atoms with Crippen molar-refractivity contribution >= 4 is 0 Å². The molecule has 0 aromatic heterocycles. The lowest BCUT2D eigenvalue weighted by molar-refractivity contribution is 0.118. The predicted molar refractivity (Wildman–Crippen MR) is 77.2 cm³/mol. The number of hydrogen-bond donors (Lipinski definition) is 2. The van der Waals surface area contributed by atoms with Crippen LogP contribution in [0, 0.1) is 11.3 Å². The molecule has 2 nitrogen and oxygen atoms in total. The van der Waals surface area contributed by atoms with Gasteiger partial charge >= 0.3 is 0 Å². The quantitative estimate of drug-likeness (QED) is 0.809. The molecular weight excluding hydrogens is 220 g/mol. The zero-order chi connectivity index (χ0) is 13.0. The predicted octanol–water partition coefficient (Wildman–Crippen LogP) is 3.06. The van der Waals surface area contributed by atoms with Gasteiger partial charge in [0.25, 0.3) is 0 Å². The summed E-state index contributed by atoms with van der Waals surface area (Å²) in [5, 5.41) is 3.60. The molecule has 1 fully saturated rings. The minimum absolute atomic E-state index is 0.440. The van der Waals surface area contributed by atoms with Crippen LogP contribution in [-0.4, -0.2) is 6.54 Å². The molecule has 0 unspecified atom stereocenters. The summed E-state index contributed by atoms with van der Waals surface area (Å²) >= 11 is 0. The van der Waals surface area contributed by atoms with Crippen molar-refractivity contribution in [3.05, 3.63) is 35.4 Å². The van der Waals surface area contributed by atoms with E-state index in [4.69, 9.17) is 5.73 Å². The first-order chi connectivity index (χ1) is 8.62. The molecule has 2 heteroatoms. The first kappa shape index (κ1) is 13.6. The molecule has 2 rings (SSSR count). The van der Waals surface area contributed by atoms with Crippen molar-refractivity contribution in [1.29, 1.82) is 0 Å². The van der Waals surface area contributed by atoms with E-state index in [1.54, 1.807) is 0 Å². The largest absolute Gasteiger partial charge is 0.326 e. The number of nitrogens with two attached hydrogens (primary N) is 1. The van der Waals surface area contributed by atoms with E-state index in [1.807, 2.05) is 0 Å². The fourth-order valence-electron chi connectivity index (χ4n) is 2.66. The molecular formula is C16H26N2. The van der Waals surface area contributed by atoms with Gasteiger partial charge in [0.05, 0.1) is 0 Å². The summed E-state index contributed by atoms with van der Waals surface area (Å²) in [6.45, 7) is 7.47. The van der Waals surface area contributed by atoms with Crippen LogP contribution in [0.1, 0.15) is 44.2 Å². The van der Waals surface area contributed by atoms with Crippen molar-refractivity contribution in [3.8, 4) is 0 Å². The van der Waals surface area contributed by atoms with E-state index in [9.17, 15) is 0 Å². The Balaban J connectivity index is 1.77. The maximum Gasteiger partial charge on any atom is 0.0205 e. The van der Waals surface area contributed by atoms with E-state index in [0.29, 0.717) is 12.0 Å². The molecule has 1 saturated carbocycles. The maximum absolute atomic E-state index is 5.60. The Morgan fingerprint density at radius 3 is 2.28 bits per heavy atom. The molecule has 1 aliphatic rings. The van der Waals surface area contributed by atoms with Crippen LogP contribution >= 0.6 is 0 Å². The maximum atomic E-state index is 5.60. The van der Waals surface area contributed by atoms with Gasteiger partial charge in [-0.05, 0) is 35.3 Å². The fraction of sp³-hybridized carbons (Fsp3) is 0.625. The van der Waals surface area contributed by atoms with Gasteiger partial charge in [-0.2, -0.15) is 0 Å².